The van der Waals surface area contributed by atoms with Crippen molar-refractivity contribution < 1.29 is 4.79 Å². The number of nitrogens with one attached hydrogen (secondary N) is 1. The number of carbonyl (C=O) groups excluding carboxylic acids is 1. The van der Waals surface area contributed by atoms with Crippen molar-refractivity contribution in [3.8, 4) is 0 Å². The van der Waals surface area contributed by atoms with Crippen LogP contribution in [0.3, 0.4) is 0 Å². The molecule has 0 saturated heterocycles. The molecule has 0 aliphatic heterocycles. The molecule has 6 heteroatoms. The maximum Gasteiger partial charge on any atom is 0.248 e. The number of hydrogen-bond donors (Lipinski definition) is 2. The van der Waals surface area contributed by atoms with Gasteiger partial charge in [0.25, 0.3) is 0 Å². The minimum atomic E-state index is -0.560. The summed E-state index contributed by atoms with van der Waals surface area (Å²) in [6.07, 6.45) is 1.45. The molecule has 1 amide bonds. The number of aromatic nitrogens is 2. The number of anilines is 2. The summed E-state index contributed by atoms with van der Waals surface area (Å²) in [6.45, 7) is 3.68. The summed E-state index contributed by atoms with van der Waals surface area (Å²) in [6, 6.07) is 12.7. The molecule has 114 valence electrons. The Balaban J connectivity index is 2.02. The Morgan fingerprint density at radius 3 is 2.74 bits per heavy atom. The number of rotatable bonds is 4. The van der Waals surface area contributed by atoms with Gasteiger partial charge in [-0.05, 0) is 35.9 Å². The van der Waals surface area contributed by atoms with Crippen LogP contribution in [-0.4, -0.2) is 15.9 Å². The standard InChI is InChI=1S/C17H13ClN4O/c1-10(16(19)23)11-5-6-14-15(7-11)20-9-21-17(14)22-13-4-2-3-12(18)8-13/h2-9H,1H2,(H2,19,23)(H,20,21,22). The van der Waals surface area contributed by atoms with E-state index in [1.807, 2.05) is 18.2 Å². The number of hydrogen-bond acceptors (Lipinski definition) is 4. The number of carbonyl (C=O) groups is 1. The van der Waals surface area contributed by atoms with Crippen LogP contribution >= 0.6 is 11.6 Å². The molecule has 2 aromatic carbocycles. The third-order valence-electron chi connectivity index (χ3n) is 3.37. The van der Waals surface area contributed by atoms with Crippen molar-refractivity contribution in [1.29, 1.82) is 0 Å². The highest BCUT2D eigenvalue weighted by molar-refractivity contribution is 6.30. The first-order valence-electron chi connectivity index (χ1n) is 6.81. The van der Waals surface area contributed by atoms with E-state index >= 15 is 0 Å². The molecule has 3 aromatic rings. The van der Waals surface area contributed by atoms with Gasteiger partial charge >= 0.3 is 0 Å². The first kappa shape index (κ1) is 15.0. The van der Waals surface area contributed by atoms with Crippen molar-refractivity contribution in [3.05, 3.63) is 66.0 Å². The third-order valence-corrected chi connectivity index (χ3v) is 3.60. The minimum absolute atomic E-state index is 0.245. The van der Waals surface area contributed by atoms with E-state index in [2.05, 4.69) is 21.9 Å². The molecule has 1 aromatic heterocycles. The topological polar surface area (TPSA) is 80.9 Å². The zero-order valence-electron chi connectivity index (χ0n) is 12.1. The largest absolute Gasteiger partial charge is 0.366 e. The molecule has 23 heavy (non-hydrogen) atoms. The van der Waals surface area contributed by atoms with Gasteiger partial charge in [0.05, 0.1) is 5.52 Å². The molecule has 0 fully saturated rings. The lowest BCUT2D eigenvalue weighted by atomic mass is 10.0. The fraction of sp³-hybridized carbons (Fsp3) is 0. The maximum absolute atomic E-state index is 11.2. The van der Waals surface area contributed by atoms with E-state index in [1.165, 1.54) is 6.33 Å². The number of nitrogens with two attached hydrogens (primary N) is 1. The van der Waals surface area contributed by atoms with Crippen molar-refractivity contribution in [1.82, 2.24) is 9.97 Å². The Labute approximate surface area is 137 Å². The number of benzene rings is 2. The molecule has 0 unspecified atom stereocenters. The van der Waals surface area contributed by atoms with Crippen LogP contribution in [0.25, 0.3) is 16.5 Å². The van der Waals surface area contributed by atoms with Crippen LogP contribution < -0.4 is 11.1 Å². The Hall–Kier alpha value is -2.92. The van der Waals surface area contributed by atoms with Crippen LogP contribution in [0.2, 0.25) is 5.02 Å². The highest BCUT2D eigenvalue weighted by atomic mass is 35.5. The van der Waals surface area contributed by atoms with Crippen LogP contribution in [0.15, 0.2) is 55.4 Å². The van der Waals surface area contributed by atoms with E-state index in [9.17, 15) is 4.79 Å². The van der Waals surface area contributed by atoms with Crippen molar-refractivity contribution >= 4 is 45.5 Å². The highest BCUT2D eigenvalue weighted by Crippen LogP contribution is 2.26. The molecule has 0 bridgehead atoms. The van der Waals surface area contributed by atoms with Crippen LogP contribution in [0.1, 0.15) is 5.56 Å². The van der Waals surface area contributed by atoms with E-state index in [0.717, 1.165) is 11.1 Å². The van der Waals surface area contributed by atoms with Crippen molar-refractivity contribution in [2.24, 2.45) is 5.73 Å². The number of halogens is 1. The SMILES string of the molecule is C=C(C(N)=O)c1ccc2c(Nc3cccc(Cl)c3)ncnc2c1. The average molecular weight is 325 g/mol. The average Bonchev–Trinajstić information content (AvgIpc) is 2.54. The van der Waals surface area contributed by atoms with Gasteiger partial charge in [-0.15, -0.1) is 0 Å². The van der Waals surface area contributed by atoms with Crippen LogP contribution in [0.4, 0.5) is 11.5 Å². The molecular weight excluding hydrogens is 312 g/mol. The molecular formula is C17H13ClN4O. The molecule has 5 nitrogen and oxygen atoms in total. The Kier molecular flexibility index (Phi) is 3.95. The van der Waals surface area contributed by atoms with Gasteiger partial charge in [0.15, 0.2) is 0 Å². The van der Waals surface area contributed by atoms with E-state index in [4.69, 9.17) is 17.3 Å². The monoisotopic (exact) mass is 324 g/mol. The third kappa shape index (κ3) is 3.14. The fourth-order valence-corrected chi connectivity index (χ4v) is 2.38. The van der Waals surface area contributed by atoms with Gasteiger partial charge in [0.2, 0.25) is 5.91 Å². The molecule has 3 N–H and O–H groups in total. The maximum atomic E-state index is 11.2. The number of primary amides is 1. The molecule has 1 heterocycles. The van der Waals surface area contributed by atoms with Gasteiger partial charge in [-0.1, -0.05) is 30.3 Å². The number of fused-ring (bicyclic) bond motifs is 1. The summed E-state index contributed by atoms with van der Waals surface area (Å²) < 4.78 is 0. The lowest BCUT2D eigenvalue weighted by Gasteiger charge is -2.10. The summed E-state index contributed by atoms with van der Waals surface area (Å²) in [5.74, 6) is 0.0872. The zero-order valence-corrected chi connectivity index (χ0v) is 12.8. The molecule has 0 aliphatic carbocycles. The predicted molar refractivity (Wildman–Crippen MR) is 92.5 cm³/mol. The fourth-order valence-electron chi connectivity index (χ4n) is 2.19. The number of amides is 1. The normalized spacial score (nSPS) is 10.5. The van der Waals surface area contributed by atoms with Crippen LogP contribution in [0.5, 0.6) is 0 Å². The Morgan fingerprint density at radius 2 is 2.00 bits per heavy atom. The second kappa shape index (κ2) is 6.06. The molecule has 0 saturated carbocycles. The summed E-state index contributed by atoms with van der Waals surface area (Å²) in [7, 11) is 0. The molecule has 0 atom stereocenters. The lowest BCUT2D eigenvalue weighted by molar-refractivity contribution is -0.112. The molecule has 0 aliphatic rings. The van der Waals surface area contributed by atoms with Gasteiger partial charge in [-0.3, -0.25) is 4.79 Å². The van der Waals surface area contributed by atoms with E-state index in [-0.39, 0.29) is 5.57 Å². The second-order valence-corrected chi connectivity index (χ2v) is 5.37. The minimum Gasteiger partial charge on any atom is -0.366 e. The van der Waals surface area contributed by atoms with Crippen molar-refractivity contribution in [2.45, 2.75) is 0 Å². The van der Waals surface area contributed by atoms with Crippen molar-refractivity contribution in [3.63, 3.8) is 0 Å². The van der Waals surface area contributed by atoms with Gasteiger partial charge in [0.1, 0.15) is 12.1 Å². The number of nitrogens with zero attached hydrogens (tertiary/aromatic N) is 2. The summed E-state index contributed by atoms with van der Waals surface area (Å²) in [5, 5.41) is 4.66. The summed E-state index contributed by atoms with van der Waals surface area (Å²) in [4.78, 5) is 19.7. The molecule has 0 radical (unpaired) electrons. The smallest absolute Gasteiger partial charge is 0.248 e. The van der Waals surface area contributed by atoms with Gasteiger partial charge < -0.3 is 11.1 Å². The first-order chi connectivity index (χ1) is 11.0. The van der Waals surface area contributed by atoms with Gasteiger partial charge in [-0.25, -0.2) is 9.97 Å². The molecule has 0 spiro atoms. The second-order valence-electron chi connectivity index (χ2n) is 4.93. The van der Waals surface area contributed by atoms with Crippen LogP contribution in [0, 0.1) is 0 Å². The zero-order chi connectivity index (χ0) is 16.4. The molecule has 3 rings (SSSR count). The first-order valence-corrected chi connectivity index (χ1v) is 7.19. The van der Waals surface area contributed by atoms with E-state index in [0.29, 0.717) is 21.9 Å². The van der Waals surface area contributed by atoms with Crippen molar-refractivity contribution in [2.75, 3.05) is 5.32 Å². The van der Waals surface area contributed by atoms with E-state index in [1.54, 1.807) is 24.3 Å². The summed E-state index contributed by atoms with van der Waals surface area (Å²) in [5.41, 5.74) is 7.65. The van der Waals surface area contributed by atoms with Gasteiger partial charge in [-0.2, -0.15) is 0 Å². The van der Waals surface area contributed by atoms with Crippen LogP contribution in [-0.2, 0) is 4.79 Å². The lowest BCUT2D eigenvalue weighted by Crippen LogP contribution is -2.11. The predicted octanol–water partition coefficient (Wildman–Crippen LogP) is 3.53. The summed E-state index contributed by atoms with van der Waals surface area (Å²) >= 11 is 5.99. The Morgan fingerprint density at radius 1 is 1.17 bits per heavy atom. The van der Waals surface area contributed by atoms with E-state index < -0.39 is 5.91 Å². The Bertz CT molecular complexity index is 923. The quantitative estimate of drug-likeness (QED) is 0.719. The highest BCUT2D eigenvalue weighted by Gasteiger charge is 2.09. The van der Waals surface area contributed by atoms with Gasteiger partial charge in [0, 0.05) is 21.7 Å².